The molecule has 1 amide bonds. The maximum absolute atomic E-state index is 12.5. The fourth-order valence-electron chi connectivity index (χ4n) is 2.12. The van der Waals surface area contributed by atoms with Crippen LogP contribution in [-0.4, -0.2) is 15.6 Å². The molecule has 1 saturated heterocycles. The Morgan fingerprint density at radius 2 is 1.90 bits per heavy atom. The molecule has 1 N–H and O–H groups in total. The topological polar surface area (TPSA) is 37.3 Å². The van der Waals surface area contributed by atoms with Crippen LogP contribution in [0.4, 0.5) is 5.69 Å². The lowest BCUT2D eigenvalue weighted by molar-refractivity contribution is -0.113. The van der Waals surface area contributed by atoms with E-state index >= 15 is 0 Å². The van der Waals surface area contributed by atoms with E-state index in [9.17, 15) is 4.79 Å². The van der Waals surface area contributed by atoms with E-state index in [1.165, 1.54) is 4.90 Å². The van der Waals surface area contributed by atoms with Crippen molar-refractivity contribution in [2.24, 2.45) is 7.05 Å². The van der Waals surface area contributed by atoms with Crippen LogP contribution >= 0.6 is 12.2 Å². The third-order valence-electron chi connectivity index (χ3n) is 3.17. The predicted octanol–water partition coefficient (Wildman–Crippen LogP) is 2.29. The number of hydrogen-bond acceptors (Lipinski definition) is 2. The van der Waals surface area contributed by atoms with Gasteiger partial charge in [-0.15, -0.1) is 0 Å². The lowest BCUT2D eigenvalue weighted by Gasteiger charge is -2.13. The van der Waals surface area contributed by atoms with E-state index in [1.54, 1.807) is 6.08 Å². The molecular formula is C15H13N3OS. The van der Waals surface area contributed by atoms with E-state index in [4.69, 9.17) is 12.2 Å². The van der Waals surface area contributed by atoms with Crippen LogP contribution in [0.25, 0.3) is 6.08 Å². The Labute approximate surface area is 122 Å². The minimum atomic E-state index is -0.137. The first-order chi connectivity index (χ1) is 9.66. The molecule has 2 aromatic rings. The van der Waals surface area contributed by atoms with E-state index in [2.05, 4.69) is 5.32 Å². The molecule has 1 aromatic heterocycles. The molecule has 0 bridgehead atoms. The van der Waals surface area contributed by atoms with Crippen LogP contribution in [0, 0.1) is 0 Å². The smallest absolute Gasteiger partial charge is 0.281 e. The SMILES string of the molecule is Cn1cccc1/C=C1/NC(=S)N(c2ccccc2)C1=O. The summed E-state index contributed by atoms with van der Waals surface area (Å²) in [6, 6.07) is 13.2. The highest BCUT2D eigenvalue weighted by Crippen LogP contribution is 2.21. The number of anilines is 1. The number of nitrogens with zero attached hydrogens (tertiary/aromatic N) is 2. The highest BCUT2D eigenvalue weighted by molar-refractivity contribution is 7.80. The van der Waals surface area contributed by atoms with Gasteiger partial charge in [-0.1, -0.05) is 18.2 Å². The number of amides is 1. The van der Waals surface area contributed by atoms with Crippen molar-refractivity contribution in [3.63, 3.8) is 0 Å². The Kier molecular flexibility index (Phi) is 3.12. The third-order valence-corrected chi connectivity index (χ3v) is 3.45. The molecular weight excluding hydrogens is 270 g/mol. The fourth-order valence-corrected chi connectivity index (χ4v) is 2.42. The van der Waals surface area contributed by atoms with Crippen molar-refractivity contribution in [3.8, 4) is 0 Å². The molecule has 1 aliphatic rings. The third kappa shape index (κ3) is 2.12. The number of nitrogens with one attached hydrogen (secondary N) is 1. The van der Waals surface area contributed by atoms with E-state index in [0.29, 0.717) is 10.8 Å². The monoisotopic (exact) mass is 283 g/mol. The van der Waals surface area contributed by atoms with Gasteiger partial charge < -0.3 is 9.88 Å². The summed E-state index contributed by atoms with van der Waals surface area (Å²) in [6.45, 7) is 0. The van der Waals surface area contributed by atoms with Gasteiger partial charge in [0.2, 0.25) is 0 Å². The quantitative estimate of drug-likeness (QED) is 0.679. The lowest BCUT2D eigenvalue weighted by atomic mass is 10.2. The summed E-state index contributed by atoms with van der Waals surface area (Å²) in [7, 11) is 1.93. The summed E-state index contributed by atoms with van der Waals surface area (Å²) < 4.78 is 1.94. The largest absolute Gasteiger partial charge is 0.351 e. The summed E-state index contributed by atoms with van der Waals surface area (Å²) >= 11 is 5.25. The molecule has 5 heteroatoms. The minimum absolute atomic E-state index is 0.137. The van der Waals surface area contributed by atoms with Crippen molar-refractivity contribution in [1.29, 1.82) is 0 Å². The second kappa shape index (κ2) is 4.94. The van der Waals surface area contributed by atoms with E-state index in [1.807, 2.05) is 60.3 Å². The first-order valence-electron chi connectivity index (χ1n) is 6.20. The summed E-state index contributed by atoms with van der Waals surface area (Å²) in [4.78, 5) is 14.0. The molecule has 0 atom stereocenters. The minimum Gasteiger partial charge on any atom is -0.351 e. The van der Waals surface area contributed by atoms with Crippen LogP contribution in [0.1, 0.15) is 5.69 Å². The Morgan fingerprint density at radius 3 is 2.55 bits per heavy atom. The molecule has 0 unspecified atom stereocenters. The number of carbonyl (C=O) groups is 1. The molecule has 4 nitrogen and oxygen atoms in total. The van der Waals surface area contributed by atoms with Gasteiger partial charge in [-0.25, -0.2) is 0 Å². The van der Waals surface area contributed by atoms with Gasteiger partial charge >= 0.3 is 0 Å². The van der Waals surface area contributed by atoms with Gasteiger partial charge in [0, 0.05) is 18.9 Å². The van der Waals surface area contributed by atoms with Crippen molar-refractivity contribution in [3.05, 3.63) is 60.1 Å². The van der Waals surface area contributed by atoms with Gasteiger partial charge in [0.05, 0.1) is 5.69 Å². The van der Waals surface area contributed by atoms with E-state index in [0.717, 1.165) is 11.4 Å². The number of hydrogen-bond donors (Lipinski definition) is 1. The summed E-state index contributed by atoms with van der Waals surface area (Å²) in [6.07, 6.45) is 3.73. The van der Waals surface area contributed by atoms with Crippen molar-refractivity contribution < 1.29 is 4.79 Å². The standard InChI is InChI=1S/C15H13N3OS/c1-17-9-5-8-12(17)10-13-14(19)18(15(20)16-13)11-6-3-2-4-7-11/h2-10H,1H3,(H,16,20)/b13-10+. The average Bonchev–Trinajstić information content (AvgIpc) is 2.96. The molecule has 2 heterocycles. The zero-order valence-electron chi connectivity index (χ0n) is 10.9. The first kappa shape index (κ1) is 12.6. The van der Waals surface area contributed by atoms with Crippen molar-refractivity contribution in [2.75, 3.05) is 4.90 Å². The molecule has 0 radical (unpaired) electrons. The summed E-state index contributed by atoms with van der Waals surface area (Å²) in [5.41, 5.74) is 2.20. The van der Waals surface area contributed by atoms with Crippen LogP contribution in [0.5, 0.6) is 0 Å². The van der Waals surface area contributed by atoms with E-state index < -0.39 is 0 Å². The van der Waals surface area contributed by atoms with Crippen LogP contribution in [0.2, 0.25) is 0 Å². The number of aryl methyl sites for hydroxylation is 1. The van der Waals surface area contributed by atoms with Crippen LogP contribution < -0.4 is 10.2 Å². The zero-order valence-corrected chi connectivity index (χ0v) is 11.7. The maximum atomic E-state index is 12.5. The Balaban J connectivity index is 1.95. The summed E-state index contributed by atoms with van der Waals surface area (Å²) in [5, 5.41) is 3.38. The van der Waals surface area contributed by atoms with Gasteiger partial charge in [0.15, 0.2) is 5.11 Å². The second-order valence-electron chi connectivity index (χ2n) is 4.51. The average molecular weight is 283 g/mol. The Morgan fingerprint density at radius 1 is 1.15 bits per heavy atom. The lowest BCUT2D eigenvalue weighted by Crippen LogP contribution is -2.30. The molecule has 0 spiro atoms. The molecule has 100 valence electrons. The van der Waals surface area contributed by atoms with Crippen LogP contribution in [0.3, 0.4) is 0 Å². The zero-order chi connectivity index (χ0) is 14.1. The molecule has 0 saturated carbocycles. The van der Waals surface area contributed by atoms with Gasteiger partial charge in [-0.2, -0.15) is 0 Å². The Bertz CT molecular complexity index is 703. The fraction of sp³-hybridized carbons (Fsp3) is 0.0667. The molecule has 0 aliphatic carbocycles. The van der Waals surface area contributed by atoms with E-state index in [-0.39, 0.29) is 5.91 Å². The Hall–Kier alpha value is -2.40. The highest BCUT2D eigenvalue weighted by atomic mass is 32.1. The highest BCUT2D eigenvalue weighted by Gasteiger charge is 2.31. The first-order valence-corrected chi connectivity index (χ1v) is 6.61. The number of carbonyl (C=O) groups excluding carboxylic acids is 1. The number of rotatable bonds is 2. The van der Waals surface area contributed by atoms with Gasteiger partial charge in [0.1, 0.15) is 5.70 Å². The number of benzene rings is 1. The number of aromatic nitrogens is 1. The van der Waals surface area contributed by atoms with Crippen molar-refractivity contribution >= 4 is 35.0 Å². The van der Waals surface area contributed by atoms with Gasteiger partial charge in [-0.3, -0.25) is 9.69 Å². The van der Waals surface area contributed by atoms with Crippen molar-refractivity contribution in [1.82, 2.24) is 9.88 Å². The molecule has 20 heavy (non-hydrogen) atoms. The van der Waals surface area contributed by atoms with Crippen LogP contribution in [-0.2, 0) is 11.8 Å². The predicted molar refractivity (Wildman–Crippen MR) is 83.1 cm³/mol. The molecule has 3 rings (SSSR count). The van der Waals surface area contributed by atoms with Gasteiger partial charge in [-0.05, 0) is 42.6 Å². The summed E-state index contributed by atoms with van der Waals surface area (Å²) in [5.74, 6) is -0.137. The number of thiocarbonyl (C=S) groups is 1. The molecule has 1 aromatic carbocycles. The number of para-hydroxylation sites is 1. The van der Waals surface area contributed by atoms with Crippen LogP contribution in [0.15, 0.2) is 54.4 Å². The van der Waals surface area contributed by atoms with Crippen molar-refractivity contribution in [2.45, 2.75) is 0 Å². The maximum Gasteiger partial charge on any atom is 0.281 e. The van der Waals surface area contributed by atoms with Gasteiger partial charge in [0.25, 0.3) is 5.91 Å². The molecule has 1 aliphatic heterocycles. The second-order valence-corrected chi connectivity index (χ2v) is 4.89. The normalized spacial score (nSPS) is 16.9. The molecule has 1 fully saturated rings.